The first-order valence-corrected chi connectivity index (χ1v) is 30.8. The Morgan fingerprint density at radius 3 is 2.40 bits per heavy atom. The number of rotatable bonds is 19. The van der Waals surface area contributed by atoms with Crippen LogP contribution in [0.3, 0.4) is 0 Å². The first-order valence-electron chi connectivity index (χ1n) is 29.5. The number of aliphatic hydroxyl groups is 1. The predicted octanol–water partition coefficient (Wildman–Crippen LogP) is 5.45. The van der Waals surface area contributed by atoms with Crippen molar-refractivity contribution in [3.05, 3.63) is 82.4 Å². The fourth-order valence-corrected chi connectivity index (χ4v) is 11.4. The van der Waals surface area contributed by atoms with Crippen LogP contribution < -0.4 is 25.6 Å². The third kappa shape index (κ3) is 18.6. The minimum absolute atomic E-state index is 0.00629. The molecule has 0 spiro atoms. The van der Waals surface area contributed by atoms with Gasteiger partial charge in [-0.25, -0.2) is 24.0 Å². The molecule has 2 aromatic carbocycles. The molecule has 0 radical (unpaired) electrons. The molecule has 502 valence electrons. The number of hydroxylamine groups is 2. The Morgan fingerprint density at radius 1 is 0.957 bits per heavy atom. The summed E-state index contributed by atoms with van der Waals surface area (Å²) in [6.45, 7) is 6.27. The summed E-state index contributed by atoms with van der Waals surface area (Å²) in [5, 5.41) is 19.9. The van der Waals surface area contributed by atoms with Crippen molar-refractivity contribution >= 4 is 99.5 Å². The van der Waals surface area contributed by atoms with Gasteiger partial charge in [-0.15, -0.1) is 5.06 Å². The second-order valence-corrected chi connectivity index (χ2v) is 24.2. The quantitative estimate of drug-likeness (QED) is 0.0446. The lowest BCUT2D eigenvalue weighted by atomic mass is 9.83. The number of hydrogen-bond acceptors (Lipinski definition) is 23. The molecule has 31 heteroatoms. The number of benzene rings is 2. The number of epoxide rings is 1. The summed E-state index contributed by atoms with van der Waals surface area (Å²) in [7, 11) is 8.74. The van der Waals surface area contributed by atoms with Gasteiger partial charge in [0.05, 0.1) is 49.9 Å². The van der Waals surface area contributed by atoms with E-state index in [1.807, 2.05) is 13.0 Å². The number of alkyl carbamates (subject to hydrolysis) is 1. The number of likely N-dealkylation sites (N-methyl/N-ethyl adjacent to an activating group) is 3. The maximum atomic E-state index is 14.4. The minimum atomic E-state index is -1.91. The molecule has 29 nitrogen and oxygen atoms in total. The molecule has 1 unspecified atom stereocenters. The highest BCUT2D eigenvalue weighted by Gasteiger charge is 2.64. The van der Waals surface area contributed by atoms with E-state index in [0.29, 0.717) is 28.5 Å². The van der Waals surface area contributed by atoms with E-state index in [1.54, 1.807) is 56.4 Å². The van der Waals surface area contributed by atoms with Crippen LogP contribution in [-0.4, -0.2) is 220 Å². The Bertz CT molecular complexity index is 3190. The summed E-state index contributed by atoms with van der Waals surface area (Å²) in [6, 6.07) is 6.78. The zero-order chi connectivity index (χ0) is 67.2. The molecule has 2 aromatic rings. The van der Waals surface area contributed by atoms with Crippen molar-refractivity contribution in [2.24, 2.45) is 5.92 Å². The number of anilines is 3. The number of hydrogen-bond donors (Lipinski definition) is 4. The van der Waals surface area contributed by atoms with E-state index in [1.165, 1.54) is 81.1 Å². The van der Waals surface area contributed by atoms with Gasteiger partial charge in [0.15, 0.2) is 5.72 Å². The van der Waals surface area contributed by atoms with Gasteiger partial charge in [0, 0.05) is 85.7 Å². The number of carbonyl (C=O) groups excluding carboxylic acids is 10. The zero-order valence-corrected chi connectivity index (χ0v) is 54.4. The van der Waals surface area contributed by atoms with Crippen molar-refractivity contribution in [2.75, 3.05) is 103 Å². The lowest BCUT2D eigenvalue weighted by molar-refractivity contribution is -0.196. The van der Waals surface area contributed by atoms with Crippen molar-refractivity contribution in [3.63, 3.8) is 0 Å². The molecule has 0 aliphatic carbocycles. The van der Waals surface area contributed by atoms with Gasteiger partial charge in [0.25, 0.3) is 17.1 Å². The summed E-state index contributed by atoms with van der Waals surface area (Å²) in [5.41, 5.74) is -0.633. The van der Waals surface area contributed by atoms with E-state index in [2.05, 4.69) is 16.0 Å². The van der Waals surface area contributed by atoms with E-state index in [4.69, 9.17) is 59.1 Å². The molecule has 7 rings (SSSR count). The molecule has 0 aromatic heterocycles. The molecular formula is C61H79ClN8O21S. The number of carbonyl (C=O) groups is 10. The van der Waals surface area contributed by atoms with Gasteiger partial charge in [0.2, 0.25) is 11.8 Å². The largest absolute Gasteiger partial charge is 0.495 e. The van der Waals surface area contributed by atoms with E-state index >= 15 is 0 Å². The van der Waals surface area contributed by atoms with Gasteiger partial charge in [-0.05, 0) is 68.7 Å². The molecule has 0 saturated carbocycles. The van der Waals surface area contributed by atoms with Crippen molar-refractivity contribution in [3.8, 4) is 5.75 Å². The maximum Gasteiger partial charge on any atom is 0.412 e. The van der Waals surface area contributed by atoms with Gasteiger partial charge in [-0.1, -0.05) is 66.2 Å². The monoisotopic (exact) mass is 1330 g/mol. The molecule has 3 fully saturated rings. The van der Waals surface area contributed by atoms with E-state index in [0.717, 1.165) is 22.9 Å². The molecule has 5 heterocycles. The van der Waals surface area contributed by atoms with Gasteiger partial charge >= 0.3 is 30.2 Å². The molecule has 8 amide bonds. The molecular weight excluding hydrogens is 1250 g/mol. The van der Waals surface area contributed by atoms with Crippen molar-refractivity contribution in [2.45, 2.75) is 121 Å². The first kappa shape index (κ1) is 71.4. The Balaban J connectivity index is 0.925. The Hall–Kier alpha value is -8.00. The number of esters is 1. The standard InChI is InChI=1S/C61H79ClN8O21S/c1-35-13-11-15-46(83-10)61(81)30-45(88-57(78)65-61)36(2)54-60(4,90-54)47(29-51(74)69(8)43-27-39(25-35)28-44(82-9)53(43)62)89-55(76)37(3)68(7)48(71)20-24-92-59(80)67(6)22-21-66(5)58(79)86-32-38-16-17-41(64-56(77)87-40-14-12-23-84-34-85-33-40)42(26-38)63-31-52(75)91-70-49(72)18-19-50(70)73/h11-17,26-28,36-37,40,45-47,54,63,81H,18-25,29-34H2,1-10H3,(H,64,77)(H,65,78)/b14-12+,15-11+,35-13+/t36-,37+,40?,45+,46-,47+,54+,60+,61+/m1/s1. The van der Waals surface area contributed by atoms with Gasteiger partial charge in [0.1, 0.15) is 66.8 Å². The number of fused-ring (bicyclic) bond motifs is 5. The molecule has 5 aliphatic rings. The molecule has 4 N–H and O–H groups in total. The van der Waals surface area contributed by atoms with Crippen LogP contribution in [0.2, 0.25) is 5.02 Å². The maximum absolute atomic E-state index is 14.4. The van der Waals surface area contributed by atoms with Gasteiger partial charge in [-0.3, -0.25) is 34.6 Å². The number of thioether (sulfide) groups is 1. The topological polar surface area (TPSA) is 339 Å². The van der Waals surface area contributed by atoms with Crippen LogP contribution in [0.4, 0.5) is 36.2 Å². The van der Waals surface area contributed by atoms with Crippen LogP contribution in [0.15, 0.2) is 66.3 Å². The number of allylic oxidation sites excluding steroid dienone is 3. The highest BCUT2D eigenvalue weighted by molar-refractivity contribution is 8.13. The summed E-state index contributed by atoms with van der Waals surface area (Å²) in [4.78, 5) is 142. The Kier molecular flexibility index (Phi) is 24.9. The summed E-state index contributed by atoms with van der Waals surface area (Å²) in [5.74, 6) is -4.55. The molecule has 9 atom stereocenters. The number of methoxy groups -OCH3 is 2. The third-order valence-corrected chi connectivity index (χ3v) is 17.4. The summed E-state index contributed by atoms with van der Waals surface area (Å²) in [6.07, 6.45) is 0.588. The van der Waals surface area contributed by atoms with E-state index in [-0.39, 0.29) is 87.5 Å². The van der Waals surface area contributed by atoms with Crippen LogP contribution in [0, 0.1) is 5.92 Å². The summed E-state index contributed by atoms with van der Waals surface area (Å²) < 4.78 is 51.0. The average Bonchev–Trinajstić information content (AvgIpc) is 1.57. The lowest BCUT2D eigenvalue weighted by Gasteiger charge is -2.42. The highest BCUT2D eigenvalue weighted by atomic mass is 35.5. The van der Waals surface area contributed by atoms with Crippen LogP contribution in [0.1, 0.15) is 70.9 Å². The number of ether oxygens (including phenoxy) is 9. The number of halogens is 1. The zero-order valence-electron chi connectivity index (χ0n) is 52.8. The van der Waals surface area contributed by atoms with Crippen LogP contribution in [0.25, 0.3) is 0 Å². The van der Waals surface area contributed by atoms with Crippen molar-refractivity contribution < 1.29 is 101 Å². The van der Waals surface area contributed by atoms with Crippen LogP contribution in [0.5, 0.6) is 5.75 Å². The second-order valence-electron chi connectivity index (χ2n) is 22.8. The number of amides is 8. The van der Waals surface area contributed by atoms with Gasteiger partial charge < -0.3 is 77.5 Å². The molecule has 5 aliphatic heterocycles. The van der Waals surface area contributed by atoms with Crippen molar-refractivity contribution in [1.82, 2.24) is 25.1 Å². The fraction of sp³-hybridized carbons (Fsp3) is 0.541. The smallest absolute Gasteiger partial charge is 0.412 e. The first-order chi connectivity index (χ1) is 43.6. The minimum Gasteiger partial charge on any atom is -0.495 e. The van der Waals surface area contributed by atoms with E-state index in [9.17, 15) is 53.1 Å². The third-order valence-electron chi connectivity index (χ3n) is 16.0. The summed E-state index contributed by atoms with van der Waals surface area (Å²) >= 11 is 7.67. The molecule has 92 heavy (non-hydrogen) atoms. The van der Waals surface area contributed by atoms with Crippen molar-refractivity contribution in [1.29, 1.82) is 0 Å². The number of nitrogens with zero attached hydrogens (tertiary/aromatic N) is 5. The Labute approximate surface area is 541 Å². The lowest BCUT2D eigenvalue weighted by Crippen LogP contribution is -2.63. The average molecular weight is 1330 g/mol. The number of nitrogens with one attached hydrogen (secondary N) is 3. The highest BCUT2D eigenvalue weighted by Crippen LogP contribution is 2.49. The fourth-order valence-electron chi connectivity index (χ4n) is 10.3. The molecule has 4 bridgehead atoms. The SMILES string of the molecule is COc1cc2cc(c1Cl)N(C)C(=O)C[C@H](OC(=O)[C@H](C)N(C)C(=O)CCSC(=O)N(C)CCN(C)C(=O)OCc1ccc(NC(=O)OC3/C=C/COCOC3)c(NCC(=O)ON3C(=O)CCC3=O)c1)[C@]1(C)O[C@H]1[C@H](C)[C@@H]1C[C@@](O)(NC(=O)O1)[C@H](OC)/C=C/C=C(\C)C2. The van der Waals surface area contributed by atoms with Gasteiger partial charge in [-0.2, -0.15) is 0 Å². The van der Waals surface area contributed by atoms with E-state index < -0.39 is 126 Å². The normalized spacial score (nSPS) is 25.7. The molecule has 3 saturated heterocycles. The Morgan fingerprint density at radius 2 is 1.68 bits per heavy atom. The second kappa shape index (κ2) is 32.0. The number of imide groups is 1. The van der Waals surface area contributed by atoms with Crippen LogP contribution in [-0.2, 0) is 84.5 Å². The van der Waals surface area contributed by atoms with Crippen LogP contribution >= 0.6 is 23.4 Å². The predicted molar refractivity (Wildman–Crippen MR) is 331 cm³/mol.